The molecule has 0 aliphatic carbocycles. The van der Waals surface area contributed by atoms with Crippen LogP contribution in [0.3, 0.4) is 0 Å². The molecule has 3 nitrogen and oxygen atoms in total. The Hall–Kier alpha value is -0.740. The molecule has 0 bridgehead atoms. The molecule has 4 heteroatoms. The summed E-state index contributed by atoms with van der Waals surface area (Å²) >= 11 is 1.85. The minimum atomic E-state index is 0.781. The second-order valence-electron chi connectivity index (χ2n) is 3.27. The molecular weight excluding hydrogens is 194 g/mol. The second-order valence-corrected chi connectivity index (χ2v) is 4.26. The first-order valence-corrected chi connectivity index (χ1v) is 6.00. The highest BCUT2D eigenvalue weighted by molar-refractivity contribution is 7.98. The number of anilines is 1. The van der Waals surface area contributed by atoms with E-state index in [0.29, 0.717) is 0 Å². The van der Waals surface area contributed by atoms with E-state index in [-0.39, 0.29) is 0 Å². The Morgan fingerprint density at radius 1 is 1.57 bits per heavy atom. The highest BCUT2D eigenvalue weighted by Gasteiger charge is 2.03. The van der Waals surface area contributed by atoms with Gasteiger partial charge in [-0.3, -0.25) is 9.88 Å². The lowest BCUT2D eigenvalue weighted by atomic mass is 10.3. The van der Waals surface area contributed by atoms with Crippen LogP contribution in [0, 0.1) is 0 Å². The van der Waals surface area contributed by atoms with Gasteiger partial charge < -0.3 is 5.73 Å². The Bertz CT molecular complexity index is 278. The molecule has 1 rings (SSSR count). The molecule has 0 amide bonds. The minimum Gasteiger partial charge on any atom is -0.397 e. The van der Waals surface area contributed by atoms with Crippen molar-refractivity contribution in [2.75, 3.05) is 31.3 Å². The van der Waals surface area contributed by atoms with Crippen LogP contribution in [0.2, 0.25) is 0 Å². The molecule has 0 fully saturated rings. The SMILES string of the molecule is CSCCN(C)Cc1ncccc1N. The molecule has 1 heterocycles. The minimum absolute atomic E-state index is 0.781. The first-order valence-electron chi connectivity index (χ1n) is 4.61. The molecule has 0 aromatic carbocycles. The van der Waals surface area contributed by atoms with Crippen molar-refractivity contribution in [1.82, 2.24) is 9.88 Å². The highest BCUT2D eigenvalue weighted by atomic mass is 32.2. The number of nitrogens with two attached hydrogens (primary N) is 1. The van der Waals surface area contributed by atoms with Crippen molar-refractivity contribution in [3.63, 3.8) is 0 Å². The predicted octanol–water partition coefficient (Wildman–Crippen LogP) is 1.46. The fourth-order valence-electron chi connectivity index (χ4n) is 1.16. The number of hydrogen-bond acceptors (Lipinski definition) is 4. The summed E-state index contributed by atoms with van der Waals surface area (Å²) < 4.78 is 0. The Labute approximate surface area is 89.7 Å². The van der Waals surface area contributed by atoms with Crippen LogP contribution in [0.15, 0.2) is 18.3 Å². The number of rotatable bonds is 5. The van der Waals surface area contributed by atoms with E-state index in [4.69, 9.17) is 5.73 Å². The number of hydrogen-bond donors (Lipinski definition) is 1. The maximum absolute atomic E-state index is 5.80. The largest absolute Gasteiger partial charge is 0.397 e. The van der Waals surface area contributed by atoms with Gasteiger partial charge in [0.2, 0.25) is 0 Å². The second kappa shape index (κ2) is 5.88. The van der Waals surface area contributed by atoms with Gasteiger partial charge in [0, 0.05) is 25.0 Å². The molecule has 0 spiro atoms. The average Bonchev–Trinajstić information content (AvgIpc) is 2.18. The number of nitrogen functional groups attached to an aromatic ring is 1. The summed E-state index contributed by atoms with van der Waals surface area (Å²) in [6.45, 7) is 1.89. The zero-order valence-corrected chi connectivity index (χ0v) is 9.55. The van der Waals surface area contributed by atoms with Crippen molar-refractivity contribution in [2.45, 2.75) is 6.54 Å². The lowest BCUT2D eigenvalue weighted by Gasteiger charge is -2.16. The van der Waals surface area contributed by atoms with Crippen LogP contribution in [-0.2, 0) is 6.54 Å². The lowest BCUT2D eigenvalue weighted by Crippen LogP contribution is -2.21. The molecule has 0 atom stereocenters. The zero-order valence-electron chi connectivity index (χ0n) is 8.73. The summed E-state index contributed by atoms with van der Waals surface area (Å²) in [6, 6.07) is 3.76. The number of nitrogens with zero attached hydrogens (tertiary/aromatic N) is 2. The molecule has 0 saturated carbocycles. The smallest absolute Gasteiger partial charge is 0.0772 e. The van der Waals surface area contributed by atoms with Gasteiger partial charge in [-0.2, -0.15) is 11.8 Å². The third kappa shape index (κ3) is 3.55. The normalized spacial score (nSPS) is 10.8. The van der Waals surface area contributed by atoms with E-state index in [0.717, 1.165) is 30.2 Å². The van der Waals surface area contributed by atoms with E-state index in [9.17, 15) is 0 Å². The summed E-state index contributed by atoms with van der Waals surface area (Å²) in [5.41, 5.74) is 7.55. The van der Waals surface area contributed by atoms with Crippen LogP contribution >= 0.6 is 11.8 Å². The fraction of sp³-hybridized carbons (Fsp3) is 0.500. The van der Waals surface area contributed by atoms with E-state index >= 15 is 0 Å². The number of pyridine rings is 1. The maximum atomic E-state index is 5.80. The topological polar surface area (TPSA) is 42.2 Å². The molecule has 14 heavy (non-hydrogen) atoms. The molecule has 0 saturated heterocycles. The van der Waals surface area contributed by atoms with Crippen LogP contribution in [0.1, 0.15) is 5.69 Å². The lowest BCUT2D eigenvalue weighted by molar-refractivity contribution is 0.345. The molecule has 0 unspecified atom stereocenters. The van der Waals surface area contributed by atoms with Gasteiger partial charge in [-0.1, -0.05) is 0 Å². The van der Waals surface area contributed by atoms with E-state index < -0.39 is 0 Å². The summed E-state index contributed by atoms with van der Waals surface area (Å²) in [5, 5.41) is 0. The van der Waals surface area contributed by atoms with Gasteiger partial charge >= 0.3 is 0 Å². The predicted molar refractivity (Wildman–Crippen MR) is 63.4 cm³/mol. The van der Waals surface area contributed by atoms with Crippen molar-refractivity contribution in [3.05, 3.63) is 24.0 Å². The van der Waals surface area contributed by atoms with Crippen molar-refractivity contribution in [2.24, 2.45) is 0 Å². The van der Waals surface area contributed by atoms with Crippen molar-refractivity contribution < 1.29 is 0 Å². The van der Waals surface area contributed by atoms with E-state index in [2.05, 4.69) is 23.2 Å². The Balaban J connectivity index is 2.47. The molecule has 0 aliphatic heterocycles. The van der Waals surface area contributed by atoms with Crippen molar-refractivity contribution in [3.8, 4) is 0 Å². The van der Waals surface area contributed by atoms with Crippen LogP contribution < -0.4 is 5.73 Å². The van der Waals surface area contributed by atoms with Crippen LogP contribution in [0.25, 0.3) is 0 Å². The summed E-state index contributed by atoms with van der Waals surface area (Å²) in [5.74, 6) is 1.14. The van der Waals surface area contributed by atoms with Crippen LogP contribution in [-0.4, -0.2) is 35.5 Å². The van der Waals surface area contributed by atoms with Gasteiger partial charge in [0.05, 0.1) is 11.4 Å². The third-order valence-electron chi connectivity index (χ3n) is 2.02. The zero-order chi connectivity index (χ0) is 10.4. The van der Waals surface area contributed by atoms with Crippen molar-refractivity contribution >= 4 is 17.4 Å². The van der Waals surface area contributed by atoms with Gasteiger partial charge in [-0.05, 0) is 25.4 Å². The third-order valence-corrected chi connectivity index (χ3v) is 2.61. The molecule has 0 aliphatic rings. The Kier molecular flexibility index (Phi) is 4.76. The van der Waals surface area contributed by atoms with E-state index in [1.165, 1.54) is 0 Å². The molecule has 78 valence electrons. The Morgan fingerprint density at radius 2 is 2.36 bits per heavy atom. The average molecular weight is 211 g/mol. The summed E-state index contributed by atoms with van der Waals surface area (Å²) in [4.78, 5) is 6.48. The molecule has 2 N–H and O–H groups in total. The van der Waals surface area contributed by atoms with E-state index in [1.54, 1.807) is 6.20 Å². The summed E-state index contributed by atoms with van der Waals surface area (Å²) in [6.07, 6.45) is 3.90. The van der Waals surface area contributed by atoms with Crippen LogP contribution in [0.5, 0.6) is 0 Å². The van der Waals surface area contributed by atoms with Gasteiger partial charge in [0.1, 0.15) is 0 Å². The highest BCUT2D eigenvalue weighted by Crippen LogP contribution is 2.09. The quantitative estimate of drug-likeness (QED) is 0.800. The molecular formula is C10H17N3S. The summed E-state index contributed by atoms with van der Waals surface area (Å²) in [7, 11) is 2.09. The standard InChI is InChI=1S/C10H17N3S/c1-13(6-7-14-2)8-10-9(11)4-3-5-12-10/h3-5H,6-8,11H2,1-2H3. The van der Waals surface area contributed by atoms with Gasteiger partial charge in [-0.15, -0.1) is 0 Å². The fourth-order valence-corrected chi connectivity index (χ4v) is 1.66. The number of aromatic nitrogens is 1. The van der Waals surface area contributed by atoms with Crippen molar-refractivity contribution in [1.29, 1.82) is 0 Å². The van der Waals surface area contributed by atoms with Crippen LogP contribution in [0.4, 0.5) is 5.69 Å². The molecule has 0 radical (unpaired) electrons. The molecule has 1 aromatic heterocycles. The first-order chi connectivity index (χ1) is 6.74. The number of thioether (sulfide) groups is 1. The Morgan fingerprint density at radius 3 is 3.00 bits per heavy atom. The molecule has 1 aromatic rings. The maximum Gasteiger partial charge on any atom is 0.0772 e. The first kappa shape index (κ1) is 11.3. The van der Waals surface area contributed by atoms with Gasteiger partial charge in [0.15, 0.2) is 0 Å². The van der Waals surface area contributed by atoms with E-state index in [1.807, 2.05) is 23.9 Å². The van der Waals surface area contributed by atoms with Gasteiger partial charge in [-0.25, -0.2) is 0 Å². The van der Waals surface area contributed by atoms with Gasteiger partial charge in [0.25, 0.3) is 0 Å². The monoisotopic (exact) mass is 211 g/mol.